The van der Waals surface area contributed by atoms with Crippen molar-refractivity contribution in [3.05, 3.63) is 22.8 Å². The monoisotopic (exact) mass is 267 g/mol. The van der Waals surface area contributed by atoms with Crippen LogP contribution in [0.1, 0.15) is 10.4 Å². The van der Waals surface area contributed by atoms with Gasteiger partial charge >= 0.3 is 5.97 Å². The molecule has 0 aliphatic carbocycles. The zero-order valence-corrected chi connectivity index (χ0v) is 10.5. The fraction of sp³-hybridized carbons (Fsp3) is 0.182. The van der Waals surface area contributed by atoms with E-state index in [9.17, 15) is 4.79 Å². The van der Waals surface area contributed by atoms with Crippen molar-refractivity contribution in [2.24, 2.45) is 0 Å². The van der Waals surface area contributed by atoms with Crippen LogP contribution in [0.4, 0.5) is 5.95 Å². The number of nitrogens with zero attached hydrogens (tertiary/aromatic N) is 2. The molecular weight excluding hydrogens is 258 g/mol. The quantitative estimate of drug-likeness (QED) is 0.658. The zero-order valence-electron chi connectivity index (χ0n) is 9.73. The van der Waals surface area contributed by atoms with Crippen molar-refractivity contribution in [1.82, 2.24) is 9.97 Å². The van der Waals surface area contributed by atoms with Crippen LogP contribution in [0.15, 0.2) is 12.1 Å². The average molecular weight is 268 g/mol. The molecule has 2 aromatic rings. The van der Waals surface area contributed by atoms with E-state index in [2.05, 4.69) is 14.7 Å². The lowest BCUT2D eigenvalue weighted by atomic mass is 10.1. The van der Waals surface area contributed by atoms with E-state index in [-0.39, 0.29) is 16.7 Å². The van der Waals surface area contributed by atoms with Gasteiger partial charge in [0.15, 0.2) is 0 Å². The third-order valence-corrected chi connectivity index (χ3v) is 2.68. The Morgan fingerprint density at radius 2 is 2.06 bits per heavy atom. The van der Waals surface area contributed by atoms with Gasteiger partial charge in [-0.15, -0.1) is 0 Å². The maximum absolute atomic E-state index is 11.7. The molecule has 1 aromatic heterocycles. The van der Waals surface area contributed by atoms with Gasteiger partial charge in [0.1, 0.15) is 16.4 Å². The van der Waals surface area contributed by atoms with Crippen molar-refractivity contribution in [2.75, 3.05) is 20.0 Å². The van der Waals surface area contributed by atoms with Crippen LogP contribution in [0.5, 0.6) is 5.75 Å². The molecule has 1 aromatic carbocycles. The molecule has 2 rings (SSSR count). The van der Waals surface area contributed by atoms with E-state index in [4.69, 9.17) is 22.1 Å². The Hall–Kier alpha value is -2.08. The predicted octanol–water partition coefficient (Wildman–Crippen LogP) is 1.66. The molecule has 2 N–H and O–H groups in total. The molecule has 0 atom stereocenters. The minimum Gasteiger partial charge on any atom is -0.494 e. The molecule has 7 heteroatoms. The number of esters is 1. The van der Waals surface area contributed by atoms with Gasteiger partial charge in [0.2, 0.25) is 5.95 Å². The highest BCUT2D eigenvalue weighted by Gasteiger charge is 2.18. The number of carbonyl (C=O) groups is 1. The van der Waals surface area contributed by atoms with E-state index < -0.39 is 5.97 Å². The van der Waals surface area contributed by atoms with E-state index in [1.165, 1.54) is 14.2 Å². The molecular formula is C11H10ClN3O3. The topological polar surface area (TPSA) is 87.3 Å². The Labute approximate surface area is 108 Å². The minimum absolute atomic E-state index is 0.00724. The number of fused-ring (bicyclic) bond motifs is 1. The van der Waals surface area contributed by atoms with Crippen molar-refractivity contribution < 1.29 is 14.3 Å². The minimum atomic E-state index is -0.530. The van der Waals surface area contributed by atoms with Crippen LogP contribution in [0.2, 0.25) is 5.15 Å². The fourth-order valence-corrected chi connectivity index (χ4v) is 1.91. The number of anilines is 1. The lowest BCUT2D eigenvalue weighted by Gasteiger charge is -2.09. The van der Waals surface area contributed by atoms with E-state index in [1.54, 1.807) is 12.1 Å². The van der Waals surface area contributed by atoms with Crippen molar-refractivity contribution in [1.29, 1.82) is 0 Å². The molecule has 0 fully saturated rings. The first kappa shape index (κ1) is 12.4. The number of aromatic nitrogens is 2. The second-order valence-corrected chi connectivity index (χ2v) is 3.76. The van der Waals surface area contributed by atoms with Gasteiger partial charge in [-0.25, -0.2) is 14.8 Å². The summed E-state index contributed by atoms with van der Waals surface area (Å²) >= 11 is 6.00. The number of benzene rings is 1. The van der Waals surface area contributed by atoms with E-state index in [0.29, 0.717) is 16.7 Å². The lowest BCUT2D eigenvalue weighted by Crippen LogP contribution is -2.05. The maximum Gasteiger partial charge on any atom is 0.338 e. The van der Waals surface area contributed by atoms with Crippen molar-refractivity contribution >= 4 is 34.4 Å². The SMILES string of the molecule is COC(=O)c1ccc(OC)c2nc(N)nc(Cl)c12. The summed E-state index contributed by atoms with van der Waals surface area (Å²) in [6.45, 7) is 0. The van der Waals surface area contributed by atoms with Crippen LogP contribution in [0.25, 0.3) is 10.9 Å². The fourth-order valence-electron chi connectivity index (χ4n) is 1.63. The smallest absolute Gasteiger partial charge is 0.338 e. The van der Waals surface area contributed by atoms with Gasteiger partial charge in [-0.05, 0) is 12.1 Å². The Balaban J connectivity index is 2.88. The first-order chi connectivity index (χ1) is 8.58. The van der Waals surface area contributed by atoms with Crippen LogP contribution in [-0.4, -0.2) is 30.2 Å². The van der Waals surface area contributed by atoms with Crippen molar-refractivity contribution in [3.63, 3.8) is 0 Å². The molecule has 94 valence electrons. The third kappa shape index (κ3) is 1.91. The molecule has 0 amide bonds. The summed E-state index contributed by atoms with van der Waals surface area (Å²) < 4.78 is 9.83. The van der Waals surface area contributed by atoms with Gasteiger partial charge in [0.25, 0.3) is 0 Å². The number of rotatable bonds is 2. The molecule has 0 bridgehead atoms. The van der Waals surface area contributed by atoms with Gasteiger partial charge in [0.05, 0.1) is 25.2 Å². The lowest BCUT2D eigenvalue weighted by molar-refractivity contribution is 0.0603. The Morgan fingerprint density at radius 3 is 2.67 bits per heavy atom. The van der Waals surface area contributed by atoms with E-state index >= 15 is 0 Å². The summed E-state index contributed by atoms with van der Waals surface area (Å²) in [5, 5.41) is 0.439. The van der Waals surface area contributed by atoms with Crippen LogP contribution < -0.4 is 10.5 Å². The summed E-state index contributed by atoms with van der Waals surface area (Å²) in [7, 11) is 2.77. The van der Waals surface area contributed by atoms with Gasteiger partial charge < -0.3 is 15.2 Å². The molecule has 0 saturated heterocycles. The number of nitrogen functional groups attached to an aromatic ring is 1. The molecule has 0 unspecified atom stereocenters. The number of hydrogen-bond acceptors (Lipinski definition) is 6. The zero-order chi connectivity index (χ0) is 13.3. The van der Waals surface area contributed by atoms with Gasteiger partial charge in [-0.1, -0.05) is 11.6 Å². The average Bonchev–Trinajstić information content (AvgIpc) is 2.36. The third-order valence-electron chi connectivity index (χ3n) is 2.41. The molecule has 0 aliphatic heterocycles. The first-order valence-corrected chi connectivity index (χ1v) is 5.34. The van der Waals surface area contributed by atoms with E-state index in [0.717, 1.165) is 0 Å². The van der Waals surface area contributed by atoms with Crippen molar-refractivity contribution in [2.45, 2.75) is 0 Å². The van der Waals surface area contributed by atoms with Gasteiger partial charge in [0, 0.05) is 0 Å². The normalized spacial score (nSPS) is 10.4. The highest BCUT2D eigenvalue weighted by molar-refractivity contribution is 6.35. The highest BCUT2D eigenvalue weighted by Crippen LogP contribution is 2.32. The Morgan fingerprint density at radius 1 is 1.33 bits per heavy atom. The molecule has 6 nitrogen and oxygen atoms in total. The number of ether oxygens (including phenoxy) is 2. The summed E-state index contributed by atoms with van der Waals surface area (Å²) in [6, 6.07) is 3.13. The standard InChI is InChI=1S/C11H10ClN3O3/c1-17-6-4-3-5(10(16)18-2)7-8(6)14-11(13)15-9(7)12/h3-4H,1-2H3,(H2,13,14,15). The highest BCUT2D eigenvalue weighted by atomic mass is 35.5. The molecule has 0 aliphatic rings. The summed E-state index contributed by atoms with van der Waals surface area (Å²) in [5.74, 6) is -0.0700. The number of carbonyl (C=O) groups excluding carboxylic acids is 1. The van der Waals surface area contributed by atoms with Crippen LogP contribution in [0.3, 0.4) is 0 Å². The molecule has 18 heavy (non-hydrogen) atoms. The number of nitrogens with two attached hydrogens (primary N) is 1. The molecule has 0 radical (unpaired) electrons. The maximum atomic E-state index is 11.7. The first-order valence-electron chi connectivity index (χ1n) is 4.96. The van der Waals surface area contributed by atoms with Crippen molar-refractivity contribution in [3.8, 4) is 5.75 Å². The van der Waals surface area contributed by atoms with Crippen LogP contribution in [-0.2, 0) is 4.74 Å². The second kappa shape index (κ2) is 4.66. The van der Waals surface area contributed by atoms with Crippen LogP contribution >= 0.6 is 11.6 Å². The molecule has 0 spiro atoms. The summed E-state index contributed by atoms with van der Waals surface area (Å²) in [4.78, 5) is 19.5. The van der Waals surface area contributed by atoms with Gasteiger partial charge in [-0.3, -0.25) is 0 Å². The largest absolute Gasteiger partial charge is 0.494 e. The summed E-state index contributed by atoms with van der Waals surface area (Å²) in [5.41, 5.74) is 6.16. The predicted molar refractivity (Wildman–Crippen MR) is 66.9 cm³/mol. The Kier molecular flexibility index (Phi) is 3.20. The number of methoxy groups -OCH3 is 2. The van der Waals surface area contributed by atoms with Crippen LogP contribution in [0, 0.1) is 0 Å². The Bertz CT molecular complexity index is 630. The number of halogens is 1. The van der Waals surface area contributed by atoms with E-state index in [1.807, 2.05) is 0 Å². The summed E-state index contributed by atoms with van der Waals surface area (Å²) in [6.07, 6.45) is 0. The second-order valence-electron chi connectivity index (χ2n) is 3.40. The van der Waals surface area contributed by atoms with Gasteiger partial charge in [-0.2, -0.15) is 0 Å². The number of hydrogen-bond donors (Lipinski definition) is 1. The molecule has 0 saturated carbocycles. The molecule has 1 heterocycles.